The number of hydrogen-bond donors (Lipinski definition) is 2. The van der Waals surface area contributed by atoms with Crippen molar-refractivity contribution in [3.63, 3.8) is 0 Å². The van der Waals surface area contributed by atoms with Crippen LogP contribution in [0.15, 0.2) is 32.7 Å². The number of amides is 1. The third-order valence-electron chi connectivity index (χ3n) is 4.04. The zero-order valence-corrected chi connectivity index (χ0v) is 20.1. The molecular weight excluding hydrogens is 518 g/mol. The van der Waals surface area contributed by atoms with Gasteiger partial charge >= 0.3 is 0 Å². The van der Waals surface area contributed by atoms with E-state index >= 15 is 0 Å². The number of hydrogen-bond acceptors (Lipinski definition) is 10. The smallest absolute Gasteiger partial charge is 0.283 e. The van der Waals surface area contributed by atoms with Gasteiger partial charge in [0.25, 0.3) is 11.6 Å². The number of nitrogens with zero attached hydrogens (tertiary/aromatic N) is 4. The van der Waals surface area contributed by atoms with Crippen LogP contribution in [-0.4, -0.2) is 53.2 Å². The van der Waals surface area contributed by atoms with Gasteiger partial charge in [0, 0.05) is 34.5 Å². The van der Waals surface area contributed by atoms with E-state index in [1.54, 1.807) is 19.1 Å². The highest BCUT2D eigenvalue weighted by molar-refractivity contribution is 9.10. The molecule has 174 valence electrons. The van der Waals surface area contributed by atoms with E-state index in [4.69, 9.17) is 14.6 Å². The molecule has 1 aromatic carbocycles. The fourth-order valence-electron chi connectivity index (χ4n) is 2.59. The molecule has 0 spiro atoms. The summed E-state index contributed by atoms with van der Waals surface area (Å²) >= 11 is 4.54. The fraction of sp³-hybridized carbons (Fsp3) is 0.300. The fourth-order valence-corrected chi connectivity index (χ4v) is 3.75. The molecule has 0 unspecified atom stereocenters. The van der Waals surface area contributed by atoms with E-state index in [2.05, 4.69) is 31.4 Å². The van der Waals surface area contributed by atoms with Crippen LogP contribution >= 0.6 is 27.7 Å². The molecule has 0 atom stereocenters. The van der Waals surface area contributed by atoms with Gasteiger partial charge in [-0.2, -0.15) is 10.4 Å². The van der Waals surface area contributed by atoms with Crippen molar-refractivity contribution in [3.05, 3.63) is 55.2 Å². The van der Waals surface area contributed by atoms with E-state index in [0.29, 0.717) is 31.9 Å². The Balaban J connectivity index is 2.05. The zero-order chi connectivity index (χ0) is 24.4. The second-order valence-electron chi connectivity index (χ2n) is 6.35. The first-order chi connectivity index (χ1) is 15.8. The average molecular weight is 538 g/mol. The first kappa shape index (κ1) is 26.2. The van der Waals surface area contributed by atoms with Gasteiger partial charge in [0.05, 0.1) is 34.9 Å². The number of nitrogens with one attached hydrogen (secondary N) is 1. The van der Waals surface area contributed by atoms with Crippen molar-refractivity contribution in [2.24, 2.45) is 5.10 Å². The van der Waals surface area contributed by atoms with Crippen molar-refractivity contribution in [2.75, 3.05) is 26.1 Å². The van der Waals surface area contributed by atoms with Gasteiger partial charge in [-0.25, -0.2) is 10.4 Å². The summed E-state index contributed by atoms with van der Waals surface area (Å²) in [6.45, 7) is 1.32. The number of aliphatic hydroxyl groups is 1. The standard InChI is InChI=1S/C20H20BrN5O6S/c1-12-19(21)15(10-31-2)14(8-22)20(24-12)32-11-18(28)25-23-9-13-3-4-17(33-6-5-27)16(7-13)26(29)30/h3-4,7,9,27H,5-6,10-11H2,1-2H3,(H,25,28)/b23-9-. The maximum atomic E-state index is 12.1. The van der Waals surface area contributed by atoms with Crippen LogP contribution in [0.2, 0.25) is 0 Å². The molecule has 2 N–H and O–H groups in total. The van der Waals surface area contributed by atoms with Crippen LogP contribution in [0.4, 0.5) is 5.69 Å². The number of nitro benzene ring substituents is 1. The SMILES string of the molecule is COCc1c(Br)c(C)nc(OCC(=O)N/N=C\c2ccc(SCCO)c([N+](=O)[O-])c2)c1C#N. The summed E-state index contributed by atoms with van der Waals surface area (Å²) in [6.07, 6.45) is 1.25. The summed E-state index contributed by atoms with van der Waals surface area (Å²) in [6, 6.07) is 6.47. The van der Waals surface area contributed by atoms with E-state index in [1.807, 2.05) is 6.07 Å². The van der Waals surface area contributed by atoms with Gasteiger partial charge in [0.1, 0.15) is 11.6 Å². The zero-order valence-electron chi connectivity index (χ0n) is 17.7. The normalized spacial score (nSPS) is 10.8. The molecular formula is C20H20BrN5O6S. The molecule has 0 aliphatic carbocycles. The number of thioether (sulfide) groups is 1. The van der Waals surface area contributed by atoms with Crippen molar-refractivity contribution in [2.45, 2.75) is 18.4 Å². The van der Waals surface area contributed by atoms with Crippen molar-refractivity contribution in [1.82, 2.24) is 10.4 Å². The van der Waals surface area contributed by atoms with Crippen molar-refractivity contribution in [3.8, 4) is 11.9 Å². The van der Waals surface area contributed by atoms with Gasteiger partial charge < -0.3 is 14.6 Å². The number of nitro groups is 1. The average Bonchev–Trinajstić information content (AvgIpc) is 2.79. The molecule has 2 aromatic rings. The van der Waals surface area contributed by atoms with Gasteiger partial charge in [-0.15, -0.1) is 11.8 Å². The third kappa shape index (κ3) is 7.22. The number of halogens is 1. The topological polar surface area (TPSA) is 160 Å². The summed E-state index contributed by atoms with van der Waals surface area (Å²) in [4.78, 5) is 27.4. The molecule has 11 nitrogen and oxygen atoms in total. The molecule has 2 rings (SSSR count). The Morgan fingerprint density at radius 3 is 2.91 bits per heavy atom. The highest BCUT2D eigenvalue weighted by Crippen LogP contribution is 2.30. The summed E-state index contributed by atoms with van der Waals surface area (Å²) in [5.41, 5.74) is 3.80. The molecule has 0 saturated heterocycles. The summed E-state index contributed by atoms with van der Waals surface area (Å²) in [5, 5.41) is 33.4. The maximum absolute atomic E-state index is 12.1. The Kier molecular flexibility index (Phi) is 10.2. The van der Waals surface area contributed by atoms with E-state index in [1.165, 1.54) is 19.4 Å². The Morgan fingerprint density at radius 1 is 1.52 bits per heavy atom. The summed E-state index contributed by atoms with van der Waals surface area (Å²) in [7, 11) is 1.49. The molecule has 0 aliphatic rings. The van der Waals surface area contributed by atoms with Gasteiger partial charge in [-0.05, 0) is 28.9 Å². The Labute approximate surface area is 202 Å². The number of nitriles is 1. The summed E-state index contributed by atoms with van der Waals surface area (Å²) < 4.78 is 11.1. The number of ether oxygens (including phenoxy) is 2. The van der Waals surface area contributed by atoms with Gasteiger partial charge in [-0.1, -0.05) is 6.07 Å². The number of rotatable bonds is 11. The molecule has 0 bridgehead atoms. The molecule has 1 heterocycles. The lowest BCUT2D eigenvalue weighted by Crippen LogP contribution is -2.25. The second-order valence-corrected chi connectivity index (χ2v) is 8.28. The van der Waals surface area contributed by atoms with E-state index in [-0.39, 0.29) is 30.3 Å². The molecule has 0 radical (unpaired) electrons. The molecule has 33 heavy (non-hydrogen) atoms. The number of aryl methyl sites for hydroxylation is 1. The van der Waals surface area contributed by atoms with Crippen LogP contribution in [0.3, 0.4) is 0 Å². The minimum Gasteiger partial charge on any atom is -0.467 e. The minimum absolute atomic E-state index is 0.00373. The minimum atomic E-state index is -0.615. The predicted octanol–water partition coefficient (Wildman–Crippen LogP) is 2.69. The molecule has 1 aromatic heterocycles. The van der Waals surface area contributed by atoms with Crippen LogP contribution in [0.1, 0.15) is 22.4 Å². The Morgan fingerprint density at radius 2 is 2.27 bits per heavy atom. The van der Waals surface area contributed by atoms with E-state index in [0.717, 1.165) is 11.8 Å². The van der Waals surface area contributed by atoms with Crippen LogP contribution in [0.5, 0.6) is 5.88 Å². The maximum Gasteiger partial charge on any atom is 0.283 e. The van der Waals surface area contributed by atoms with Gasteiger partial charge in [-0.3, -0.25) is 14.9 Å². The van der Waals surface area contributed by atoms with Crippen LogP contribution < -0.4 is 10.2 Å². The van der Waals surface area contributed by atoms with Gasteiger partial charge in [0.2, 0.25) is 5.88 Å². The number of carbonyl (C=O) groups is 1. The van der Waals surface area contributed by atoms with Crippen molar-refractivity contribution < 1.29 is 24.3 Å². The van der Waals surface area contributed by atoms with Crippen LogP contribution in [0.25, 0.3) is 0 Å². The summed E-state index contributed by atoms with van der Waals surface area (Å²) in [5.74, 6) is -0.288. The second kappa shape index (κ2) is 12.9. The monoisotopic (exact) mass is 537 g/mol. The third-order valence-corrected chi connectivity index (χ3v) is 6.13. The Hall–Kier alpha value is -3.05. The van der Waals surface area contributed by atoms with E-state index < -0.39 is 17.4 Å². The van der Waals surface area contributed by atoms with Crippen LogP contribution in [-0.2, 0) is 16.1 Å². The Bertz CT molecular complexity index is 1110. The van der Waals surface area contributed by atoms with E-state index in [9.17, 15) is 20.2 Å². The number of pyridine rings is 1. The molecule has 1 amide bonds. The van der Waals surface area contributed by atoms with Crippen LogP contribution in [0, 0.1) is 28.4 Å². The molecule has 0 fully saturated rings. The molecule has 13 heteroatoms. The number of methoxy groups -OCH3 is 1. The predicted molar refractivity (Wildman–Crippen MR) is 124 cm³/mol. The van der Waals surface area contributed by atoms with Crippen molar-refractivity contribution >= 4 is 45.5 Å². The lowest BCUT2D eigenvalue weighted by atomic mass is 10.1. The number of aliphatic hydroxyl groups excluding tert-OH is 1. The number of aromatic nitrogens is 1. The van der Waals surface area contributed by atoms with Crippen molar-refractivity contribution in [1.29, 1.82) is 5.26 Å². The first-order valence-corrected chi connectivity index (χ1v) is 11.1. The highest BCUT2D eigenvalue weighted by Gasteiger charge is 2.18. The van der Waals surface area contributed by atoms with Gasteiger partial charge in [0.15, 0.2) is 6.61 Å². The quantitative estimate of drug-likeness (QED) is 0.190. The number of carbonyl (C=O) groups excluding carboxylic acids is 1. The number of benzene rings is 1. The first-order valence-electron chi connectivity index (χ1n) is 9.37. The molecule has 0 saturated carbocycles. The molecule has 0 aliphatic heterocycles. The lowest BCUT2D eigenvalue weighted by molar-refractivity contribution is -0.387. The highest BCUT2D eigenvalue weighted by atomic mass is 79.9. The lowest BCUT2D eigenvalue weighted by Gasteiger charge is -2.13. The number of hydrazone groups is 1. The largest absolute Gasteiger partial charge is 0.467 e.